The molecule has 5 heteroatoms. The number of carbonyl (C=O) groups is 1. The van der Waals surface area contributed by atoms with Crippen LogP contribution in [0.1, 0.15) is 24.4 Å². The third kappa shape index (κ3) is 3.58. The molecule has 2 bridgehead atoms. The lowest BCUT2D eigenvalue weighted by atomic mass is 9.86. The lowest BCUT2D eigenvalue weighted by molar-refractivity contribution is -0.159. The number of halogens is 1. The fourth-order valence-corrected chi connectivity index (χ4v) is 3.92. The van der Waals surface area contributed by atoms with E-state index in [1.54, 1.807) is 18.2 Å². The van der Waals surface area contributed by atoms with Gasteiger partial charge in [0, 0.05) is 6.54 Å². The van der Waals surface area contributed by atoms with Crippen molar-refractivity contribution < 1.29 is 13.9 Å². The number of hydrogen-bond donors (Lipinski definition) is 1. The molecule has 0 radical (unpaired) electrons. The van der Waals surface area contributed by atoms with E-state index in [2.05, 4.69) is 10.2 Å². The number of hydrogen-bond acceptors (Lipinski definition) is 4. The minimum atomic E-state index is -0.733. The Morgan fingerprint density at radius 1 is 1.08 bits per heavy atom. The Hall–Kier alpha value is -2.40. The zero-order chi connectivity index (χ0) is 17.9. The van der Waals surface area contributed by atoms with Crippen molar-refractivity contribution in [1.82, 2.24) is 4.90 Å². The van der Waals surface area contributed by atoms with Gasteiger partial charge in [0.2, 0.25) is 0 Å². The predicted octanol–water partition coefficient (Wildman–Crippen LogP) is 3.62. The van der Waals surface area contributed by atoms with E-state index in [1.165, 1.54) is 6.07 Å². The summed E-state index contributed by atoms with van der Waals surface area (Å²) < 4.78 is 20.0. The first-order chi connectivity index (χ1) is 12.7. The van der Waals surface area contributed by atoms with Gasteiger partial charge in [0.1, 0.15) is 11.9 Å². The van der Waals surface area contributed by atoms with Crippen LogP contribution in [0.5, 0.6) is 0 Å². The molecule has 0 saturated carbocycles. The Morgan fingerprint density at radius 2 is 1.77 bits per heavy atom. The van der Waals surface area contributed by atoms with Gasteiger partial charge in [-0.05, 0) is 49.5 Å². The van der Waals surface area contributed by atoms with Crippen LogP contribution < -0.4 is 5.32 Å². The lowest BCUT2D eigenvalue weighted by Crippen LogP contribution is -2.52. The van der Waals surface area contributed by atoms with Gasteiger partial charge in [-0.3, -0.25) is 4.90 Å². The number of nitrogens with zero attached hydrogens (tertiary/aromatic N) is 1. The molecule has 3 heterocycles. The highest BCUT2D eigenvalue weighted by molar-refractivity contribution is 5.81. The van der Waals surface area contributed by atoms with Gasteiger partial charge >= 0.3 is 5.97 Å². The Morgan fingerprint density at radius 3 is 2.42 bits per heavy atom. The second kappa shape index (κ2) is 7.46. The molecule has 3 fully saturated rings. The Kier molecular flexibility index (Phi) is 4.89. The minimum absolute atomic E-state index is 0.0707. The number of fused-ring (bicyclic) bond motifs is 3. The van der Waals surface area contributed by atoms with Crippen LogP contribution in [0.25, 0.3) is 0 Å². The molecule has 3 aliphatic heterocycles. The van der Waals surface area contributed by atoms with Crippen molar-refractivity contribution in [3.05, 3.63) is 66.0 Å². The van der Waals surface area contributed by atoms with E-state index in [4.69, 9.17) is 4.74 Å². The third-order valence-electron chi connectivity index (χ3n) is 5.41. The number of para-hydroxylation sites is 1. The number of ether oxygens (including phenoxy) is 1. The topological polar surface area (TPSA) is 41.6 Å². The number of anilines is 1. The molecule has 1 N–H and O–H groups in total. The van der Waals surface area contributed by atoms with Gasteiger partial charge in [0.05, 0.1) is 5.69 Å². The summed E-state index contributed by atoms with van der Waals surface area (Å²) in [4.78, 5) is 15.3. The molecule has 5 rings (SSSR count). The molecular weight excluding hydrogens is 331 g/mol. The smallest absolute Gasteiger partial charge is 0.333 e. The summed E-state index contributed by atoms with van der Waals surface area (Å²) in [5.74, 6) is -0.295. The number of piperidine rings is 3. The maximum atomic E-state index is 14.1. The van der Waals surface area contributed by atoms with Crippen LogP contribution in [0.15, 0.2) is 54.6 Å². The van der Waals surface area contributed by atoms with Gasteiger partial charge < -0.3 is 10.1 Å². The van der Waals surface area contributed by atoms with Crippen LogP contribution in [0.4, 0.5) is 10.1 Å². The van der Waals surface area contributed by atoms with Crippen molar-refractivity contribution >= 4 is 11.7 Å². The number of nitrogens with one attached hydrogen (secondary N) is 1. The molecule has 2 aromatic carbocycles. The molecule has 26 heavy (non-hydrogen) atoms. The summed E-state index contributed by atoms with van der Waals surface area (Å²) in [6.07, 6.45) is 2.09. The van der Waals surface area contributed by atoms with Gasteiger partial charge in [-0.15, -0.1) is 0 Å². The second-order valence-corrected chi connectivity index (χ2v) is 7.08. The zero-order valence-corrected chi connectivity index (χ0v) is 14.6. The number of rotatable bonds is 5. The summed E-state index contributed by atoms with van der Waals surface area (Å²) in [5, 5.41) is 3.03. The van der Waals surface area contributed by atoms with Crippen LogP contribution in [0.2, 0.25) is 0 Å². The fourth-order valence-electron chi connectivity index (χ4n) is 3.92. The van der Waals surface area contributed by atoms with E-state index in [0.29, 0.717) is 11.6 Å². The van der Waals surface area contributed by atoms with Crippen LogP contribution in [-0.4, -0.2) is 36.6 Å². The van der Waals surface area contributed by atoms with E-state index in [0.717, 1.165) is 38.0 Å². The Balaban J connectivity index is 1.54. The molecule has 2 aromatic rings. The van der Waals surface area contributed by atoms with Gasteiger partial charge in [0.15, 0.2) is 6.04 Å². The highest BCUT2D eigenvalue weighted by Crippen LogP contribution is 2.31. The van der Waals surface area contributed by atoms with E-state index in [9.17, 15) is 9.18 Å². The normalized spacial score (nSPS) is 25.5. The minimum Gasteiger partial charge on any atom is -0.459 e. The molecule has 4 nitrogen and oxygen atoms in total. The molecule has 1 unspecified atom stereocenters. The molecule has 2 atom stereocenters. The summed E-state index contributed by atoms with van der Waals surface area (Å²) in [6, 6.07) is 15.0. The van der Waals surface area contributed by atoms with E-state index in [-0.39, 0.29) is 17.9 Å². The van der Waals surface area contributed by atoms with Crippen molar-refractivity contribution in [3.8, 4) is 0 Å². The molecular formula is C21H23FN2O2. The zero-order valence-electron chi connectivity index (χ0n) is 14.6. The summed E-state index contributed by atoms with van der Waals surface area (Å²) >= 11 is 0. The third-order valence-corrected chi connectivity index (χ3v) is 5.41. The quantitative estimate of drug-likeness (QED) is 0.833. The van der Waals surface area contributed by atoms with Crippen LogP contribution >= 0.6 is 0 Å². The monoisotopic (exact) mass is 354 g/mol. The summed E-state index contributed by atoms with van der Waals surface area (Å²) in [7, 11) is 0. The highest BCUT2D eigenvalue weighted by atomic mass is 19.1. The molecule has 0 spiro atoms. The number of carbonyl (C=O) groups excluding carboxylic acids is 1. The first-order valence-electron chi connectivity index (χ1n) is 9.19. The van der Waals surface area contributed by atoms with Gasteiger partial charge in [-0.25, -0.2) is 9.18 Å². The van der Waals surface area contributed by atoms with Crippen molar-refractivity contribution in [1.29, 1.82) is 0 Å². The van der Waals surface area contributed by atoms with Crippen LogP contribution in [-0.2, 0) is 9.53 Å². The molecule has 0 aromatic heterocycles. The van der Waals surface area contributed by atoms with E-state index >= 15 is 0 Å². The van der Waals surface area contributed by atoms with E-state index in [1.807, 2.05) is 30.3 Å². The predicted molar refractivity (Wildman–Crippen MR) is 98.2 cm³/mol. The first-order valence-corrected chi connectivity index (χ1v) is 9.19. The standard InChI is InChI=1S/C21H23FN2O2/c22-17-8-4-5-9-18(17)23-20(16-6-2-1-3-7-16)21(25)26-19-14-24-12-10-15(19)11-13-24/h1-9,15,19-20,23H,10-14H2/t19?,20-/m1/s1. The summed E-state index contributed by atoms with van der Waals surface area (Å²) in [5.41, 5.74) is 1.06. The number of esters is 1. The lowest BCUT2D eigenvalue weighted by Gasteiger charge is -2.44. The largest absolute Gasteiger partial charge is 0.459 e. The second-order valence-electron chi connectivity index (χ2n) is 7.08. The molecule has 3 aliphatic rings. The molecule has 136 valence electrons. The molecule has 3 saturated heterocycles. The van der Waals surface area contributed by atoms with Crippen molar-refractivity contribution in [2.45, 2.75) is 25.0 Å². The van der Waals surface area contributed by atoms with Gasteiger partial charge in [-0.1, -0.05) is 42.5 Å². The summed E-state index contributed by atoms with van der Waals surface area (Å²) in [6.45, 7) is 2.99. The van der Waals surface area contributed by atoms with Crippen molar-refractivity contribution in [2.75, 3.05) is 25.0 Å². The average Bonchev–Trinajstić information content (AvgIpc) is 2.69. The fraction of sp³-hybridized carbons (Fsp3) is 0.381. The molecule has 0 amide bonds. The number of benzene rings is 2. The maximum Gasteiger partial charge on any atom is 0.333 e. The van der Waals surface area contributed by atoms with Gasteiger partial charge in [-0.2, -0.15) is 0 Å². The van der Waals surface area contributed by atoms with E-state index < -0.39 is 6.04 Å². The average molecular weight is 354 g/mol. The van der Waals surface area contributed by atoms with Gasteiger partial charge in [0.25, 0.3) is 0 Å². The van der Waals surface area contributed by atoms with Crippen LogP contribution in [0, 0.1) is 11.7 Å². The maximum absolute atomic E-state index is 14.1. The Labute approximate surface area is 153 Å². The van der Waals surface area contributed by atoms with Crippen molar-refractivity contribution in [3.63, 3.8) is 0 Å². The SMILES string of the molecule is O=C(OC1CN2CCC1CC2)[C@H](Nc1ccccc1F)c1ccccc1. The molecule has 0 aliphatic carbocycles. The first kappa shape index (κ1) is 17.0. The Bertz CT molecular complexity index is 760. The van der Waals surface area contributed by atoms with Crippen LogP contribution in [0.3, 0.4) is 0 Å². The van der Waals surface area contributed by atoms with Crippen molar-refractivity contribution in [2.24, 2.45) is 5.92 Å². The highest BCUT2D eigenvalue weighted by Gasteiger charge is 2.38.